The van der Waals surface area contributed by atoms with E-state index >= 15 is 0 Å². The summed E-state index contributed by atoms with van der Waals surface area (Å²) in [6.45, 7) is 2.27. The summed E-state index contributed by atoms with van der Waals surface area (Å²) in [5.74, 6) is -0.304. The van der Waals surface area contributed by atoms with Crippen LogP contribution in [0.1, 0.15) is 16.3 Å². The second-order valence-electron chi connectivity index (χ2n) is 3.87. The van der Waals surface area contributed by atoms with Crippen LogP contribution in [-0.4, -0.2) is 10.9 Å². The Morgan fingerprint density at radius 3 is 2.89 bits per heavy atom. The Morgan fingerprint density at radius 2 is 2.21 bits per heavy atom. The molecule has 0 saturated carbocycles. The largest absolute Gasteiger partial charge is 0.269 e. The Labute approximate surface area is 115 Å². The molecule has 0 aliphatic rings. The third kappa shape index (κ3) is 4.65. The van der Waals surface area contributed by atoms with Crippen molar-refractivity contribution in [1.29, 1.82) is 0 Å². The van der Waals surface area contributed by atoms with Crippen LogP contribution in [0.2, 0.25) is 0 Å². The molecule has 0 spiro atoms. The molecule has 1 aromatic heterocycles. The first kappa shape index (κ1) is 13.5. The molecule has 5 heteroatoms. The molecule has 2 aromatic rings. The third-order valence-corrected chi connectivity index (χ3v) is 3.09. The van der Waals surface area contributed by atoms with Crippen molar-refractivity contribution in [3.05, 3.63) is 58.1 Å². The molecular formula is C14H14N2O2S. The molecule has 1 aromatic carbocycles. The third-order valence-electron chi connectivity index (χ3n) is 2.30. The van der Waals surface area contributed by atoms with Gasteiger partial charge in [-0.15, -0.1) is 11.3 Å². The van der Waals surface area contributed by atoms with Crippen LogP contribution in [0.4, 0.5) is 0 Å². The standard InChI is InChI=1S/C14H14N2O2S/c1-11-15-13(10-19-11)7-8-14(17)16-18-9-12-5-3-2-4-6-12/h2-8,10H,9H2,1H3,(H,16,17). The van der Waals surface area contributed by atoms with Crippen LogP contribution in [0, 0.1) is 6.92 Å². The maximum absolute atomic E-state index is 11.5. The minimum absolute atomic E-state index is 0.304. The van der Waals surface area contributed by atoms with Crippen LogP contribution in [0.25, 0.3) is 6.08 Å². The van der Waals surface area contributed by atoms with Gasteiger partial charge in [-0.25, -0.2) is 10.5 Å². The van der Waals surface area contributed by atoms with Gasteiger partial charge in [0, 0.05) is 11.5 Å². The monoisotopic (exact) mass is 274 g/mol. The number of aromatic nitrogens is 1. The lowest BCUT2D eigenvalue weighted by Gasteiger charge is -2.03. The summed E-state index contributed by atoms with van der Waals surface area (Å²) in [5.41, 5.74) is 4.14. The van der Waals surface area contributed by atoms with Crippen LogP contribution >= 0.6 is 11.3 Å². The quantitative estimate of drug-likeness (QED) is 0.673. The number of hydrogen-bond acceptors (Lipinski definition) is 4. The van der Waals surface area contributed by atoms with Gasteiger partial charge in [-0.3, -0.25) is 9.63 Å². The van der Waals surface area contributed by atoms with Crippen LogP contribution in [0.5, 0.6) is 0 Å². The number of carbonyl (C=O) groups is 1. The molecule has 0 atom stereocenters. The number of amides is 1. The molecule has 2 rings (SSSR count). The lowest BCUT2D eigenvalue weighted by atomic mass is 10.2. The minimum atomic E-state index is -0.304. The molecular weight excluding hydrogens is 260 g/mol. The molecule has 19 heavy (non-hydrogen) atoms. The first-order chi connectivity index (χ1) is 9.24. The summed E-state index contributed by atoms with van der Waals surface area (Å²) < 4.78 is 0. The van der Waals surface area contributed by atoms with Gasteiger partial charge >= 0.3 is 0 Å². The van der Waals surface area contributed by atoms with Crippen molar-refractivity contribution >= 4 is 23.3 Å². The van der Waals surface area contributed by atoms with E-state index in [-0.39, 0.29) is 5.91 Å². The highest BCUT2D eigenvalue weighted by Gasteiger charge is 1.98. The number of thiazole rings is 1. The Hall–Kier alpha value is -1.98. The molecule has 0 radical (unpaired) electrons. The molecule has 98 valence electrons. The minimum Gasteiger partial charge on any atom is -0.269 e. The summed E-state index contributed by atoms with van der Waals surface area (Å²) in [6, 6.07) is 9.64. The van der Waals surface area contributed by atoms with E-state index in [1.807, 2.05) is 42.6 Å². The van der Waals surface area contributed by atoms with Crippen molar-refractivity contribution in [2.45, 2.75) is 13.5 Å². The fourth-order valence-corrected chi connectivity index (χ4v) is 2.00. The summed E-state index contributed by atoms with van der Waals surface area (Å²) in [5, 5.41) is 2.87. The van der Waals surface area contributed by atoms with E-state index in [1.54, 1.807) is 17.4 Å². The number of aryl methyl sites for hydroxylation is 1. The van der Waals surface area contributed by atoms with Crippen LogP contribution in [-0.2, 0) is 16.2 Å². The molecule has 4 nitrogen and oxygen atoms in total. The van der Waals surface area contributed by atoms with E-state index in [4.69, 9.17) is 4.84 Å². The van der Waals surface area contributed by atoms with Gasteiger partial charge in [-0.05, 0) is 18.6 Å². The number of rotatable bonds is 5. The maximum Gasteiger partial charge on any atom is 0.267 e. The van der Waals surface area contributed by atoms with Crippen molar-refractivity contribution in [2.24, 2.45) is 0 Å². The molecule has 0 fully saturated rings. The zero-order valence-electron chi connectivity index (χ0n) is 10.5. The van der Waals surface area contributed by atoms with Crippen LogP contribution in [0.3, 0.4) is 0 Å². The van der Waals surface area contributed by atoms with Crippen LogP contribution in [0.15, 0.2) is 41.8 Å². The Bertz CT molecular complexity index is 564. The molecule has 1 N–H and O–H groups in total. The first-order valence-corrected chi connectivity index (χ1v) is 6.68. The fraction of sp³-hybridized carbons (Fsp3) is 0.143. The maximum atomic E-state index is 11.5. The van der Waals surface area contributed by atoms with E-state index in [9.17, 15) is 4.79 Å². The van der Waals surface area contributed by atoms with Gasteiger partial charge in [0.1, 0.15) is 0 Å². The van der Waals surface area contributed by atoms with Gasteiger partial charge in [0.15, 0.2) is 0 Å². The second kappa shape index (κ2) is 6.82. The zero-order valence-corrected chi connectivity index (χ0v) is 11.3. The number of hydroxylamine groups is 1. The number of nitrogens with one attached hydrogen (secondary N) is 1. The highest BCUT2D eigenvalue weighted by molar-refractivity contribution is 7.09. The molecule has 1 amide bonds. The molecule has 0 bridgehead atoms. The molecule has 0 unspecified atom stereocenters. The predicted octanol–water partition coefficient (Wildman–Crippen LogP) is 2.71. The Balaban J connectivity index is 1.74. The molecule has 0 aliphatic carbocycles. The van der Waals surface area contributed by atoms with E-state index < -0.39 is 0 Å². The summed E-state index contributed by atoms with van der Waals surface area (Å²) in [6.07, 6.45) is 3.06. The van der Waals surface area contributed by atoms with Crippen molar-refractivity contribution in [3.63, 3.8) is 0 Å². The van der Waals surface area contributed by atoms with Crippen molar-refractivity contribution in [3.8, 4) is 0 Å². The number of hydrogen-bond donors (Lipinski definition) is 1. The van der Waals surface area contributed by atoms with E-state index in [0.717, 1.165) is 16.3 Å². The smallest absolute Gasteiger partial charge is 0.267 e. The molecule has 1 heterocycles. The van der Waals surface area contributed by atoms with E-state index in [0.29, 0.717) is 6.61 Å². The average Bonchev–Trinajstić information content (AvgIpc) is 2.83. The van der Waals surface area contributed by atoms with Gasteiger partial charge in [-0.2, -0.15) is 0 Å². The lowest BCUT2D eigenvalue weighted by Crippen LogP contribution is -2.21. The van der Waals surface area contributed by atoms with Crippen LogP contribution < -0.4 is 5.48 Å². The van der Waals surface area contributed by atoms with Gasteiger partial charge in [-0.1, -0.05) is 30.3 Å². The lowest BCUT2D eigenvalue weighted by molar-refractivity contribution is -0.129. The van der Waals surface area contributed by atoms with E-state index in [2.05, 4.69) is 10.5 Å². The van der Waals surface area contributed by atoms with Crippen molar-refractivity contribution in [1.82, 2.24) is 10.5 Å². The summed E-state index contributed by atoms with van der Waals surface area (Å²) in [7, 11) is 0. The Kier molecular flexibility index (Phi) is 4.83. The highest BCUT2D eigenvalue weighted by Crippen LogP contribution is 2.08. The topological polar surface area (TPSA) is 51.2 Å². The molecule has 0 aliphatic heterocycles. The number of benzene rings is 1. The second-order valence-corrected chi connectivity index (χ2v) is 4.93. The normalized spacial score (nSPS) is 10.8. The predicted molar refractivity (Wildman–Crippen MR) is 75.3 cm³/mol. The van der Waals surface area contributed by atoms with E-state index in [1.165, 1.54) is 6.08 Å². The van der Waals surface area contributed by atoms with Gasteiger partial charge in [0.25, 0.3) is 5.91 Å². The summed E-state index contributed by atoms with van der Waals surface area (Å²) >= 11 is 1.55. The van der Waals surface area contributed by atoms with Crippen molar-refractivity contribution < 1.29 is 9.63 Å². The first-order valence-electron chi connectivity index (χ1n) is 5.80. The molecule has 0 saturated heterocycles. The van der Waals surface area contributed by atoms with Gasteiger partial charge < -0.3 is 0 Å². The summed E-state index contributed by atoms with van der Waals surface area (Å²) in [4.78, 5) is 20.8. The van der Waals surface area contributed by atoms with Crippen molar-refractivity contribution in [2.75, 3.05) is 0 Å². The van der Waals surface area contributed by atoms with Gasteiger partial charge in [0.05, 0.1) is 17.3 Å². The van der Waals surface area contributed by atoms with Gasteiger partial charge in [0.2, 0.25) is 0 Å². The fourth-order valence-electron chi connectivity index (χ4n) is 1.42. The SMILES string of the molecule is Cc1nc(C=CC(=O)NOCc2ccccc2)cs1. The Morgan fingerprint density at radius 1 is 1.42 bits per heavy atom. The number of carbonyl (C=O) groups excluding carboxylic acids is 1. The number of nitrogens with zero attached hydrogens (tertiary/aromatic N) is 1. The zero-order chi connectivity index (χ0) is 13.5. The average molecular weight is 274 g/mol. The highest BCUT2D eigenvalue weighted by atomic mass is 32.1.